The van der Waals surface area contributed by atoms with Gasteiger partial charge in [0, 0.05) is 24.9 Å². The predicted octanol–water partition coefficient (Wildman–Crippen LogP) is 3.41. The summed E-state index contributed by atoms with van der Waals surface area (Å²) < 4.78 is 6.55. The molecule has 2 aromatic rings. The van der Waals surface area contributed by atoms with Crippen LogP contribution in [0.25, 0.3) is 0 Å². The van der Waals surface area contributed by atoms with Crippen molar-refractivity contribution >= 4 is 0 Å². The van der Waals surface area contributed by atoms with E-state index in [1.165, 1.54) is 0 Å². The number of pyridine rings is 1. The maximum atomic E-state index is 11.8. The lowest BCUT2D eigenvalue weighted by Crippen LogP contribution is -2.26. The Hall–Kier alpha value is -1.84. The van der Waals surface area contributed by atoms with E-state index in [0.717, 1.165) is 24.0 Å². The van der Waals surface area contributed by atoms with Crippen molar-refractivity contribution in [2.75, 3.05) is 0 Å². The van der Waals surface area contributed by atoms with E-state index in [9.17, 15) is 4.79 Å². The predicted molar refractivity (Wildman–Crippen MR) is 83.5 cm³/mol. The number of rotatable bonds is 5. The Labute approximate surface area is 125 Å². The molecule has 21 heavy (non-hydrogen) atoms. The fourth-order valence-corrected chi connectivity index (χ4v) is 2.42. The quantitative estimate of drug-likeness (QED) is 0.847. The lowest BCUT2D eigenvalue weighted by atomic mass is 9.73. The zero-order valence-electron chi connectivity index (χ0n) is 13.5. The van der Waals surface area contributed by atoms with Crippen LogP contribution in [0.15, 0.2) is 40.1 Å². The van der Waals surface area contributed by atoms with E-state index in [1.807, 2.05) is 12.3 Å². The largest absolute Gasteiger partial charge is 0.364 e. The highest BCUT2D eigenvalue weighted by Crippen LogP contribution is 2.35. The minimum Gasteiger partial charge on any atom is -0.364 e. The lowest BCUT2D eigenvalue weighted by molar-refractivity contribution is 0.369. The van der Waals surface area contributed by atoms with Crippen LogP contribution in [0.5, 0.6) is 0 Å². The summed E-state index contributed by atoms with van der Waals surface area (Å²) in [4.78, 5) is 11.8. The van der Waals surface area contributed by atoms with Crippen molar-refractivity contribution in [2.45, 2.75) is 51.4 Å². The number of hydrogen-bond donors (Lipinski definition) is 0. The summed E-state index contributed by atoms with van der Waals surface area (Å²) in [6.07, 6.45) is 7.32. The average Bonchev–Trinajstić information content (AvgIpc) is 2.94. The van der Waals surface area contributed by atoms with Crippen LogP contribution >= 0.6 is 0 Å². The van der Waals surface area contributed by atoms with Gasteiger partial charge in [0.2, 0.25) is 0 Å². The van der Waals surface area contributed by atoms with Gasteiger partial charge in [-0.2, -0.15) is 0 Å². The summed E-state index contributed by atoms with van der Waals surface area (Å²) in [6, 6.07) is 3.78. The zero-order chi connectivity index (χ0) is 15.7. The van der Waals surface area contributed by atoms with Crippen molar-refractivity contribution in [2.24, 2.45) is 7.05 Å². The van der Waals surface area contributed by atoms with Crippen LogP contribution in [-0.4, -0.2) is 9.72 Å². The highest BCUT2D eigenvalue weighted by Gasteiger charge is 2.28. The van der Waals surface area contributed by atoms with E-state index in [2.05, 4.69) is 32.9 Å². The number of aryl methyl sites for hydroxylation is 1. The molecule has 0 saturated carbocycles. The third-order valence-corrected chi connectivity index (χ3v) is 4.47. The first-order valence-corrected chi connectivity index (χ1v) is 7.29. The molecule has 0 unspecified atom stereocenters. The first kappa shape index (κ1) is 15.5. The van der Waals surface area contributed by atoms with Gasteiger partial charge in [-0.3, -0.25) is 4.79 Å². The molecule has 0 aliphatic heterocycles. The van der Waals surface area contributed by atoms with Gasteiger partial charge in [-0.1, -0.05) is 32.9 Å². The molecule has 0 bridgehead atoms. The Balaban J connectivity index is 2.14. The van der Waals surface area contributed by atoms with Gasteiger partial charge in [0.15, 0.2) is 0 Å². The molecule has 0 atom stereocenters. The molecule has 0 aliphatic carbocycles. The molecule has 2 heterocycles. The van der Waals surface area contributed by atoms with Crippen LogP contribution < -0.4 is 5.56 Å². The van der Waals surface area contributed by atoms with Crippen molar-refractivity contribution in [1.29, 1.82) is 0 Å². The normalized spacial score (nSPS) is 12.6. The highest BCUT2D eigenvalue weighted by atomic mass is 16.5. The topological polar surface area (TPSA) is 48.0 Å². The van der Waals surface area contributed by atoms with Gasteiger partial charge in [0.1, 0.15) is 6.26 Å². The van der Waals surface area contributed by atoms with Crippen molar-refractivity contribution in [1.82, 2.24) is 9.72 Å². The SMILES string of the molecule is Cn1ccc(C(C)(C)CCC(C)(C)c2cnoc2)cc1=O. The molecule has 0 fully saturated rings. The molecule has 2 aromatic heterocycles. The standard InChI is InChI=1S/C17H24N2O2/c1-16(2,13-6-9-19(5)15(20)10-13)7-8-17(3,4)14-11-18-21-12-14/h6,9-12H,7-8H2,1-5H3. The highest BCUT2D eigenvalue weighted by molar-refractivity contribution is 5.22. The fraction of sp³-hybridized carbons (Fsp3) is 0.529. The first-order chi connectivity index (χ1) is 9.72. The Bertz CT molecular complexity index is 652. The van der Waals surface area contributed by atoms with Crippen LogP contribution in [-0.2, 0) is 17.9 Å². The average molecular weight is 288 g/mol. The molecule has 2 rings (SSSR count). The molecule has 4 nitrogen and oxygen atoms in total. The summed E-state index contributed by atoms with van der Waals surface area (Å²) in [5, 5.41) is 3.79. The third-order valence-electron chi connectivity index (χ3n) is 4.47. The lowest BCUT2D eigenvalue weighted by Gasteiger charge is -2.31. The second-order valence-electron chi connectivity index (χ2n) is 7.05. The molecule has 0 N–H and O–H groups in total. The maximum Gasteiger partial charge on any atom is 0.250 e. The number of aromatic nitrogens is 2. The van der Waals surface area contributed by atoms with Gasteiger partial charge < -0.3 is 9.09 Å². The summed E-state index contributed by atoms with van der Waals surface area (Å²) in [7, 11) is 1.77. The Morgan fingerprint density at radius 1 is 1.14 bits per heavy atom. The van der Waals surface area contributed by atoms with Gasteiger partial charge in [-0.05, 0) is 35.3 Å². The van der Waals surface area contributed by atoms with Crippen LogP contribution in [0, 0.1) is 0 Å². The molecular weight excluding hydrogens is 264 g/mol. The van der Waals surface area contributed by atoms with E-state index >= 15 is 0 Å². The summed E-state index contributed by atoms with van der Waals surface area (Å²) >= 11 is 0. The summed E-state index contributed by atoms with van der Waals surface area (Å²) in [5.41, 5.74) is 2.21. The molecular formula is C17H24N2O2. The molecule has 0 spiro atoms. The minimum absolute atomic E-state index is 0.0109. The van der Waals surface area contributed by atoms with Gasteiger partial charge in [0.25, 0.3) is 5.56 Å². The Morgan fingerprint density at radius 3 is 2.29 bits per heavy atom. The van der Waals surface area contributed by atoms with Crippen molar-refractivity contribution in [3.63, 3.8) is 0 Å². The van der Waals surface area contributed by atoms with Crippen LogP contribution in [0.3, 0.4) is 0 Å². The summed E-state index contributed by atoms with van der Waals surface area (Å²) in [5.74, 6) is 0. The van der Waals surface area contributed by atoms with Crippen LogP contribution in [0.2, 0.25) is 0 Å². The van der Waals surface area contributed by atoms with Crippen molar-refractivity contribution in [3.05, 3.63) is 52.3 Å². The molecule has 0 aliphatic rings. The summed E-state index contributed by atoms with van der Waals surface area (Å²) in [6.45, 7) is 8.76. The smallest absolute Gasteiger partial charge is 0.250 e. The van der Waals surface area contributed by atoms with Crippen molar-refractivity contribution < 1.29 is 4.52 Å². The first-order valence-electron chi connectivity index (χ1n) is 7.29. The van der Waals surface area contributed by atoms with E-state index < -0.39 is 0 Å². The van der Waals surface area contributed by atoms with Gasteiger partial charge in [-0.15, -0.1) is 0 Å². The zero-order valence-corrected chi connectivity index (χ0v) is 13.5. The van der Waals surface area contributed by atoms with E-state index in [1.54, 1.807) is 30.1 Å². The van der Waals surface area contributed by atoms with Gasteiger partial charge in [0.05, 0.1) is 6.20 Å². The van der Waals surface area contributed by atoms with E-state index in [-0.39, 0.29) is 16.4 Å². The van der Waals surface area contributed by atoms with E-state index in [4.69, 9.17) is 4.52 Å². The van der Waals surface area contributed by atoms with E-state index in [0.29, 0.717) is 0 Å². The van der Waals surface area contributed by atoms with Crippen LogP contribution in [0.4, 0.5) is 0 Å². The molecule has 0 aromatic carbocycles. The maximum absolute atomic E-state index is 11.8. The molecule has 0 radical (unpaired) electrons. The van der Waals surface area contributed by atoms with Crippen LogP contribution in [0.1, 0.15) is 51.7 Å². The van der Waals surface area contributed by atoms with Crippen molar-refractivity contribution in [3.8, 4) is 0 Å². The molecule has 0 saturated heterocycles. The Morgan fingerprint density at radius 2 is 1.76 bits per heavy atom. The third kappa shape index (κ3) is 3.43. The Kier molecular flexibility index (Phi) is 4.08. The molecule has 0 amide bonds. The minimum atomic E-state index is -0.0398. The molecule has 4 heteroatoms. The number of hydrogen-bond acceptors (Lipinski definition) is 3. The second-order valence-corrected chi connectivity index (χ2v) is 7.05. The van der Waals surface area contributed by atoms with Gasteiger partial charge >= 0.3 is 0 Å². The monoisotopic (exact) mass is 288 g/mol. The molecule has 114 valence electrons. The number of nitrogens with zero attached hydrogens (tertiary/aromatic N) is 2. The van der Waals surface area contributed by atoms with Gasteiger partial charge in [-0.25, -0.2) is 0 Å². The second kappa shape index (κ2) is 5.51. The fourth-order valence-electron chi connectivity index (χ4n) is 2.42.